The van der Waals surface area contributed by atoms with Crippen molar-refractivity contribution in [2.45, 2.75) is 30.8 Å². The van der Waals surface area contributed by atoms with Gasteiger partial charge in [-0.15, -0.1) is 0 Å². The maximum atomic E-state index is 12.4. The summed E-state index contributed by atoms with van der Waals surface area (Å²) in [4.78, 5) is 0.164. The summed E-state index contributed by atoms with van der Waals surface area (Å²) in [5.41, 5.74) is 0.614. The fourth-order valence-electron chi connectivity index (χ4n) is 2.19. The first-order chi connectivity index (χ1) is 9.92. The van der Waals surface area contributed by atoms with Crippen LogP contribution in [0.1, 0.15) is 24.8 Å². The zero-order valence-electron chi connectivity index (χ0n) is 11.9. The molecule has 0 unspecified atom stereocenters. The fraction of sp³-hybridized carbons (Fsp3) is 0.571. The van der Waals surface area contributed by atoms with Gasteiger partial charge in [-0.25, -0.2) is 13.1 Å². The van der Waals surface area contributed by atoms with Crippen LogP contribution in [0.4, 0.5) is 0 Å². The lowest BCUT2D eigenvalue weighted by Gasteiger charge is -2.16. The highest BCUT2D eigenvalue weighted by Gasteiger charge is 2.42. The maximum Gasteiger partial charge on any atom is 0.241 e. The van der Waals surface area contributed by atoms with Crippen molar-refractivity contribution >= 4 is 26.0 Å². The number of aliphatic hydroxyl groups is 1. The number of ether oxygens (including phenoxy) is 1. The van der Waals surface area contributed by atoms with Crippen molar-refractivity contribution in [1.82, 2.24) is 4.72 Å². The summed E-state index contributed by atoms with van der Waals surface area (Å²) in [5.74, 6) is 0. The van der Waals surface area contributed by atoms with Gasteiger partial charge in [0.2, 0.25) is 10.0 Å². The molecule has 5 nitrogen and oxygen atoms in total. The van der Waals surface area contributed by atoms with Crippen molar-refractivity contribution in [2.75, 3.05) is 20.3 Å². The first-order valence-corrected chi connectivity index (χ1v) is 9.08. The molecule has 1 saturated carbocycles. The Balaban J connectivity index is 2.08. The van der Waals surface area contributed by atoms with Crippen molar-refractivity contribution in [3.63, 3.8) is 0 Å². The highest BCUT2D eigenvalue weighted by molar-refractivity contribution is 9.10. The van der Waals surface area contributed by atoms with Crippen LogP contribution in [0.3, 0.4) is 0 Å². The van der Waals surface area contributed by atoms with Gasteiger partial charge in [0, 0.05) is 24.7 Å². The Bertz CT molecular complexity index is 599. The number of halogens is 1. The van der Waals surface area contributed by atoms with E-state index in [0.717, 1.165) is 19.3 Å². The van der Waals surface area contributed by atoms with E-state index in [1.807, 2.05) is 0 Å². The summed E-state index contributed by atoms with van der Waals surface area (Å²) < 4.78 is 33.1. The molecule has 2 N–H and O–H groups in total. The molecule has 0 spiro atoms. The zero-order valence-corrected chi connectivity index (χ0v) is 14.3. The average molecular weight is 378 g/mol. The van der Waals surface area contributed by atoms with Crippen LogP contribution in [0, 0.1) is 5.41 Å². The van der Waals surface area contributed by atoms with Crippen molar-refractivity contribution in [3.05, 3.63) is 28.2 Å². The molecule has 2 rings (SSSR count). The quantitative estimate of drug-likeness (QED) is 0.726. The smallest absolute Gasteiger partial charge is 0.241 e. The van der Waals surface area contributed by atoms with Crippen LogP contribution in [0.15, 0.2) is 27.6 Å². The van der Waals surface area contributed by atoms with Crippen LogP contribution >= 0.6 is 15.9 Å². The van der Waals surface area contributed by atoms with Gasteiger partial charge in [-0.2, -0.15) is 0 Å². The Hall–Kier alpha value is -0.470. The third kappa shape index (κ3) is 4.26. The largest absolute Gasteiger partial charge is 0.392 e. The standard InChI is InChI=1S/C14H20BrNO4S/c1-20-7-6-14(4-5-14)10-16-21(18,19)13-8-11(9-17)2-3-12(13)15/h2-3,8,16-17H,4-7,9-10H2,1H3. The van der Waals surface area contributed by atoms with Gasteiger partial charge >= 0.3 is 0 Å². The number of hydrogen-bond donors (Lipinski definition) is 2. The molecule has 1 aromatic carbocycles. The SMILES string of the molecule is COCCC1(CNS(=O)(=O)c2cc(CO)ccc2Br)CC1. The van der Waals surface area contributed by atoms with E-state index in [-0.39, 0.29) is 16.9 Å². The van der Waals surface area contributed by atoms with Gasteiger partial charge in [0.1, 0.15) is 0 Å². The Morgan fingerprint density at radius 2 is 2.14 bits per heavy atom. The zero-order chi connectivity index (χ0) is 15.5. The van der Waals surface area contributed by atoms with E-state index >= 15 is 0 Å². The van der Waals surface area contributed by atoms with Crippen LogP contribution in [0.5, 0.6) is 0 Å². The Kier molecular flexibility index (Phi) is 5.43. The molecule has 1 aliphatic carbocycles. The molecule has 1 aliphatic rings. The van der Waals surface area contributed by atoms with Crippen LogP contribution in [-0.4, -0.2) is 33.8 Å². The monoisotopic (exact) mass is 377 g/mol. The molecule has 1 aromatic rings. The second-order valence-corrected chi connectivity index (χ2v) is 8.08. The summed E-state index contributed by atoms with van der Waals surface area (Å²) in [6.45, 7) is 0.882. The molecule has 0 radical (unpaired) electrons. The lowest BCUT2D eigenvalue weighted by molar-refractivity contribution is 0.173. The Morgan fingerprint density at radius 3 is 2.71 bits per heavy atom. The highest BCUT2D eigenvalue weighted by Crippen LogP contribution is 2.48. The molecule has 0 bridgehead atoms. The molecule has 0 aromatic heterocycles. The van der Waals surface area contributed by atoms with E-state index in [0.29, 0.717) is 23.2 Å². The minimum atomic E-state index is -3.59. The molecule has 0 amide bonds. The lowest BCUT2D eigenvalue weighted by Crippen LogP contribution is -2.31. The Labute approximate surface area is 133 Å². The third-order valence-electron chi connectivity index (χ3n) is 3.90. The van der Waals surface area contributed by atoms with E-state index in [4.69, 9.17) is 9.84 Å². The normalized spacial score (nSPS) is 16.9. The van der Waals surface area contributed by atoms with Crippen molar-refractivity contribution in [3.8, 4) is 0 Å². The highest BCUT2D eigenvalue weighted by atomic mass is 79.9. The van der Waals surface area contributed by atoms with E-state index in [1.165, 1.54) is 6.07 Å². The summed E-state index contributed by atoms with van der Waals surface area (Å²) in [6.07, 6.45) is 2.91. The number of aliphatic hydroxyl groups excluding tert-OH is 1. The molecule has 118 valence electrons. The molecule has 21 heavy (non-hydrogen) atoms. The lowest BCUT2D eigenvalue weighted by atomic mass is 10.0. The van der Waals surface area contributed by atoms with Crippen molar-refractivity contribution in [2.24, 2.45) is 5.41 Å². The van der Waals surface area contributed by atoms with Gasteiger partial charge in [0.15, 0.2) is 0 Å². The van der Waals surface area contributed by atoms with E-state index in [2.05, 4.69) is 20.7 Å². The first kappa shape index (κ1) is 16.9. The van der Waals surface area contributed by atoms with Crippen molar-refractivity contribution in [1.29, 1.82) is 0 Å². The molecule has 0 saturated heterocycles. The van der Waals surface area contributed by atoms with Gasteiger partial charge in [-0.05, 0) is 58.3 Å². The molecule has 1 fully saturated rings. The summed E-state index contributed by atoms with van der Waals surface area (Å²) in [5, 5.41) is 9.14. The van der Waals surface area contributed by atoms with E-state index in [1.54, 1.807) is 19.2 Å². The third-order valence-corrected chi connectivity index (χ3v) is 6.29. The van der Waals surface area contributed by atoms with Crippen LogP contribution in [0.25, 0.3) is 0 Å². The summed E-state index contributed by atoms with van der Waals surface area (Å²) in [7, 11) is -1.94. The van der Waals surface area contributed by atoms with Crippen LogP contribution in [-0.2, 0) is 21.4 Å². The van der Waals surface area contributed by atoms with Gasteiger partial charge in [-0.3, -0.25) is 0 Å². The van der Waals surface area contributed by atoms with Crippen LogP contribution < -0.4 is 4.72 Å². The minimum absolute atomic E-state index is 0.0458. The van der Waals surface area contributed by atoms with E-state index in [9.17, 15) is 8.42 Å². The van der Waals surface area contributed by atoms with Gasteiger partial charge in [-0.1, -0.05) is 6.07 Å². The fourth-order valence-corrected chi connectivity index (χ4v) is 4.36. The first-order valence-electron chi connectivity index (χ1n) is 6.80. The van der Waals surface area contributed by atoms with Crippen LogP contribution in [0.2, 0.25) is 0 Å². The molecule has 0 aliphatic heterocycles. The molecule has 7 heteroatoms. The minimum Gasteiger partial charge on any atom is -0.392 e. The topological polar surface area (TPSA) is 75.6 Å². The van der Waals surface area contributed by atoms with Gasteiger partial charge < -0.3 is 9.84 Å². The average Bonchev–Trinajstić information content (AvgIpc) is 3.24. The second-order valence-electron chi connectivity index (χ2n) is 5.49. The number of hydrogen-bond acceptors (Lipinski definition) is 4. The number of methoxy groups -OCH3 is 1. The number of sulfonamides is 1. The summed E-state index contributed by atoms with van der Waals surface area (Å²) >= 11 is 3.25. The molecular formula is C14H20BrNO4S. The predicted octanol–water partition coefficient (Wildman–Crippen LogP) is 2.04. The van der Waals surface area contributed by atoms with Crippen molar-refractivity contribution < 1.29 is 18.3 Å². The van der Waals surface area contributed by atoms with Gasteiger partial charge in [0.25, 0.3) is 0 Å². The molecular weight excluding hydrogens is 358 g/mol. The number of benzene rings is 1. The predicted molar refractivity (Wildman–Crippen MR) is 83.4 cm³/mol. The second kappa shape index (κ2) is 6.75. The summed E-state index contributed by atoms with van der Waals surface area (Å²) in [6, 6.07) is 4.81. The Morgan fingerprint density at radius 1 is 1.43 bits per heavy atom. The number of nitrogens with one attached hydrogen (secondary N) is 1. The van der Waals surface area contributed by atoms with E-state index < -0.39 is 10.0 Å². The number of rotatable bonds is 8. The maximum absolute atomic E-state index is 12.4. The molecule has 0 atom stereocenters. The van der Waals surface area contributed by atoms with Gasteiger partial charge in [0.05, 0.1) is 11.5 Å². The molecule has 0 heterocycles.